The average Bonchev–Trinajstić information content (AvgIpc) is 1.61. The Hall–Kier alpha value is 0.582. The molecule has 0 aromatic rings. The second-order valence-corrected chi connectivity index (χ2v) is 2.61. The normalized spacial score (nSPS) is 10.0. The Morgan fingerprint density at radius 3 is 1.11 bits per heavy atom. The molecule has 0 atom stereocenters. The predicted octanol–water partition coefficient (Wildman–Crippen LogP) is 0.107. The molecule has 0 unspecified atom stereocenters. The van der Waals surface area contributed by atoms with Gasteiger partial charge in [-0.1, -0.05) is 0 Å². The maximum atomic E-state index is 2.18. The van der Waals surface area contributed by atoms with Crippen LogP contribution in [0.15, 0.2) is 0 Å². The molecule has 0 fully saturated rings. The van der Waals surface area contributed by atoms with E-state index in [1.165, 1.54) is 0 Å². The van der Waals surface area contributed by atoms with E-state index in [1.54, 1.807) is 0 Å². The van der Waals surface area contributed by atoms with Gasteiger partial charge in [0.2, 0.25) is 0 Å². The van der Waals surface area contributed by atoms with Gasteiger partial charge in [0, 0.05) is 33.5 Å². The molecule has 0 rings (SSSR count). The minimum Gasteiger partial charge on any atom is -0.308 e. The van der Waals surface area contributed by atoms with Crippen molar-refractivity contribution in [1.82, 2.24) is 9.80 Å². The van der Waals surface area contributed by atoms with Crippen LogP contribution in [-0.2, 0) is 20.4 Å². The van der Waals surface area contributed by atoms with E-state index in [2.05, 4.69) is 38.0 Å². The molecule has 0 heterocycles. The summed E-state index contributed by atoms with van der Waals surface area (Å²) in [4.78, 5) is 4.36. The summed E-state index contributed by atoms with van der Waals surface area (Å²) in [6, 6.07) is 0. The molecule has 3 heteroatoms. The Labute approximate surface area is 71.9 Å². The zero-order valence-electron chi connectivity index (χ0n) is 6.62. The summed E-state index contributed by atoms with van der Waals surface area (Å²) in [6.45, 7) is 2.29. The van der Waals surface area contributed by atoms with Crippen molar-refractivity contribution in [1.29, 1.82) is 0 Å². The molecule has 0 aliphatic carbocycles. The zero-order valence-corrected chi connectivity index (χ0v) is 8.18. The van der Waals surface area contributed by atoms with E-state index in [0.717, 1.165) is 13.1 Å². The maximum absolute atomic E-state index is 2.18. The van der Waals surface area contributed by atoms with Crippen molar-refractivity contribution < 1.29 is 20.4 Å². The minimum absolute atomic E-state index is 0. The Kier molecular flexibility index (Phi) is 9.14. The van der Waals surface area contributed by atoms with Crippen LogP contribution in [0.4, 0.5) is 0 Å². The molecular weight excluding hydrogens is 206 g/mol. The molecule has 0 radical (unpaired) electrons. The minimum atomic E-state index is 0. The van der Waals surface area contributed by atoms with Crippen LogP contribution in [0.5, 0.6) is 0 Å². The molecule has 0 bridgehead atoms. The fourth-order valence-corrected chi connectivity index (χ4v) is 0.400. The van der Waals surface area contributed by atoms with Crippen LogP contribution in [0.2, 0.25) is 0 Å². The molecule has 0 saturated carbocycles. The molecule has 0 spiro atoms. The van der Waals surface area contributed by atoms with E-state index in [1.807, 2.05) is 0 Å². The third-order valence-corrected chi connectivity index (χ3v) is 0.994. The summed E-state index contributed by atoms with van der Waals surface area (Å²) in [7, 11) is 8.35. The largest absolute Gasteiger partial charge is 0.308 e. The molecule has 60 valence electrons. The molecule has 0 saturated heterocycles. The van der Waals surface area contributed by atoms with Crippen LogP contribution in [0, 0.1) is 0 Å². The smallest absolute Gasteiger partial charge is 0.0103 e. The van der Waals surface area contributed by atoms with Gasteiger partial charge in [-0.05, 0) is 28.2 Å². The Balaban J connectivity index is 0. The van der Waals surface area contributed by atoms with Crippen molar-refractivity contribution in [3.8, 4) is 0 Å². The van der Waals surface area contributed by atoms with E-state index < -0.39 is 0 Å². The Morgan fingerprint density at radius 2 is 1.00 bits per heavy atom. The van der Waals surface area contributed by atoms with Crippen molar-refractivity contribution in [2.75, 3.05) is 41.3 Å². The number of rotatable bonds is 3. The number of likely N-dealkylation sites (N-methyl/N-ethyl adjacent to an activating group) is 2. The molecule has 0 aliphatic heterocycles. The maximum Gasteiger partial charge on any atom is 0.0103 e. The summed E-state index contributed by atoms with van der Waals surface area (Å²) in [5, 5.41) is 0. The topological polar surface area (TPSA) is 6.48 Å². The van der Waals surface area contributed by atoms with Crippen molar-refractivity contribution in [2.45, 2.75) is 0 Å². The summed E-state index contributed by atoms with van der Waals surface area (Å²) in [6.07, 6.45) is 0. The van der Waals surface area contributed by atoms with E-state index in [0.29, 0.717) is 0 Å². The predicted molar refractivity (Wildman–Crippen MR) is 37.1 cm³/mol. The van der Waals surface area contributed by atoms with Crippen molar-refractivity contribution >= 4 is 0 Å². The first-order chi connectivity index (χ1) is 3.63. The standard InChI is InChI=1S/C6H16N2.Pd/c1-7(2)5-6-8(3)4;/h5-6H2,1-4H3;. The van der Waals surface area contributed by atoms with Gasteiger partial charge in [-0.15, -0.1) is 0 Å². The van der Waals surface area contributed by atoms with Gasteiger partial charge in [0.25, 0.3) is 0 Å². The van der Waals surface area contributed by atoms with Gasteiger partial charge in [-0.2, -0.15) is 0 Å². The quantitative estimate of drug-likeness (QED) is 0.626. The van der Waals surface area contributed by atoms with Crippen LogP contribution < -0.4 is 0 Å². The van der Waals surface area contributed by atoms with Crippen molar-refractivity contribution in [3.05, 3.63) is 0 Å². The number of nitrogens with zero attached hydrogens (tertiary/aromatic N) is 2. The van der Waals surface area contributed by atoms with Crippen LogP contribution in [0.25, 0.3) is 0 Å². The van der Waals surface area contributed by atoms with E-state index >= 15 is 0 Å². The first kappa shape index (κ1) is 12.3. The SMILES string of the molecule is CN(C)CCN(C)C.[Pd]. The van der Waals surface area contributed by atoms with Gasteiger partial charge >= 0.3 is 0 Å². The van der Waals surface area contributed by atoms with E-state index in [4.69, 9.17) is 0 Å². The molecular formula is C6H16N2Pd. The first-order valence-corrected chi connectivity index (χ1v) is 2.92. The first-order valence-electron chi connectivity index (χ1n) is 2.92. The fraction of sp³-hybridized carbons (Fsp3) is 1.00. The van der Waals surface area contributed by atoms with Crippen LogP contribution >= 0.6 is 0 Å². The Morgan fingerprint density at radius 1 is 0.778 bits per heavy atom. The molecule has 0 amide bonds. The van der Waals surface area contributed by atoms with Crippen LogP contribution in [0.3, 0.4) is 0 Å². The van der Waals surface area contributed by atoms with Gasteiger partial charge in [0.05, 0.1) is 0 Å². The molecule has 0 aromatic carbocycles. The molecule has 2 nitrogen and oxygen atoms in total. The Bertz CT molecular complexity index is 47.0. The fourth-order valence-electron chi connectivity index (χ4n) is 0.400. The van der Waals surface area contributed by atoms with Crippen LogP contribution in [0.1, 0.15) is 0 Å². The van der Waals surface area contributed by atoms with Gasteiger partial charge in [-0.25, -0.2) is 0 Å². The average molecular weight is 223 g/mol. The van der Waals surface area contributed by atoms with Crippen molar-refractivity contribution in [2.24, 2.45) is 0 Å². The molecule has 9 heavy (non-hydrogen) atoms. The van der Waals surface area contributed by atoms with E-state index in [9.17, 15) is 0 Å². The third kappa shape index (κ3) is 11.9. The van der Waals surface area contributed by atoms with E-state index in [-0.39, 0.29) is 20.4 Å². The van der Waals surface area contributed by atoms with Gasteiger partial charge in [0.1, 0.15) is 0 Å². The third-order valence-electron chi connectivity index (χ3n) is 0.994. The molecule has 0 aromatic heterocycles. The summed E-state index contributed by atoms with van der Waals surface area (Å²) >= 11 is 0. The second kappa shape index (κ2) is 6.70. The van der Waals surface area contributed by atoms with Crippen LogP contribution in [-0.4, -0.2) is 51.1 Å². The van der Waals surface area contributed by atoms with Gasteiger partial charge in [-0.3, -0.25) is 0 Å². The second-order valence-electron chi connectivity index (χ2n) is 2.61. The van der Waals surface area contributed by atoms with Gasteiger partial charge in [0.15, 0.2) is 0 Å². The monoisotopic (exact) mass is 222 g/mol. The summed E-state index contributed by atoms with van der Waals surface area (Å²) in [5.41, 5.74) is 0. The zero-order chi connectivity index (χ0) is 6.57. The summed E-state index contributed by atoms with van der Waals surface area (Å²) in [5.74, 6) is 0. The van der Waals surface area contributed by atoms with Crippen molar-refractivity contribution in [3.63, 3.8) is 0 Å². The summed E-state index contributed by atoms with van der Waals surface area (Å²) < 4.78 is 0. The number of hydrogen-bond donors (Lipinski definition) is 0. The molecule has 0 aliphatic rings. The number of hydrogen-bond acceptors (Lipinski definition) is 2. The molecule has 0 N–H and O–H groups in total. The van der Waals surface area contributed by atoms with Gasteiger partial charge < -0.3 is 9.80 Å².